The molecule has 2 saturated heterocycles. The first-order chi connectivity index (χ1) is 16.3. The SMILES string of the molecule is CCCCCCCCCCCO[C@@H]1OC(CO)[C@H](O[C@@H]2OC(CO)[C@@H](O)[C@@H](O)C2O)[C@@H](O)C1O. The Labute approximate surface area is 201 Å². The summed E-state index contributed by atoms with van der Waals surface area (Å²) >= 11 is 0. The van der Waals surface area contributed by atoms with Crippen LogP contribution < -0.4 is 0 Å². The van der Waals surface area contributed by atoms with Crippen molar-refractivity contribution in [2.75, 3.05) is 19.8 Å². The maximum atomic E-state index is 10.6. The van der Waals surface area contributed by atoms with E-state index in [0.29, 0.717) is 6.61 Å². The van der Waals surface area contributed by atoms with Crippen LogP contribution in [0.3, 0.4) is 0 Å². The second kappa shape index (κ2) is 15.6. The summed E-state index contributed by atoms with van der Waals surface area (Å²) in [6.07, 6.45) is -3.99. The molecule has 4 unspecified atom stereocenters. The molecule has 34 heavy (non-hydrogen) atoms. The van der Waals surface area contributed by atoms with Crippen LogP contribution in [0.1, 0.15) is 64.7 Å². The molecule has 11 heteroatoms. The van der Waals surface area contributed by atoms with Crippen LogP contribution in [0.5, 0.6) is 0 Å². The lowest BCUT2D eigenvalue weighted by Crippen LogP contribution is -2.64. The minimum absolute atomic E-state index is 0.320. The summed E-state index contributed by atoms with van der Waals surface area (Å²) in [6.45, 7) is 1.29. The number of aliphatic hydroxyl groups excluding tert-OH is 7. The summed E-state index contributed by atoms with van der Waals surface area (Å²) < 4.78 is 22.0. The molecule has 10 atom stereocenters. The Hall–Kier alpha value is -0.440. The van der Waals surface area contributed by atoms with Crippen LogP contribution in [0.2, 0.25) is 0 Å². The van der Waals surface area contributed by atoms with Crippen molar-refractivity contribution >= 4 is 0 Å². The third-order valence-corrected chi connectivity index (χ3v) is 6.49. The molecule has 0 saturated carbocycles. The van der Waals surface area contributed by atoms with Gasteiger partial charge in [-0.15, -0.1) is 0 Å². The van der Waals surface area contributed by atoms with Crippen LogP contribution in [0.4, 0.5) is 0 Å². The lowest BCUT2D eigenvalue weighted by atomic mass is 9.97. The van der Waals surface area contributed by atoms with Gasteiger partial charge in [-0.2, -0.15) is 0 Å². The minimum Gasteiger partial charge on any atom is -0.394 e. The molecule has 0 radical (unpaired) electrons. The van der Waals surface area contributed by atoms with Gasteiger partial charge in [0.15, 0.2) is 12.6 Å². The van der Waals surface area contributed by atoms with E-state index in [1.54, 1.807) is 0 Å². The number of hydrogen-bond donors (Lipinski definition) is 7. The second-order valence-electron chi connectivity index (χ2n) is 9.20. The predicted octanol–water partition coefficient (Wildman–Crippen LogP) is -0.842. The van der Waals surface area contributed by atoms with E-state index in [1.807, 2.05) is 0 Å². The van der Waals surface area contributed by atoms with Gasteiger partial charge in [-0.25, -0.2) is 0 Å². The number of aliphatic hydroxyl groups is 7. The van der Waals surface area contributed by atoms with E-state index < -0.39 is 74.6 Å². The van der Waals surface area contributed by atoms with Crippen molar-refractivity contribution in [3.63, 3.8) is 0 Å². The molecule has 0 aromatic heterocycles. The third kappa shape index (κ3) is 8.31. The topological polar surface area (TPSA) is 179 Å². The van der Waals surface area contributed by atoms with Gasteiger partial charge in [-0.05, 0) is 6.42 Å². The molecule has 2 fully saturated rings. The molecular formula is C23H44O11. The van der Waals surface area contributed by atoms with Gasteiger partial charge in [0.2, 0.25) is 0 Å². The first kappa shape index (κ1) is 29.8. The maximum absolute atomic E-state index is 10.6. The summed E-state index contributed by atoms with van der Waals surface area (Å²) in [5, 5.41) is 70.0. The van der Waals surface area contributed by atoms with Crippen molar-refractivity contribution < 1.29 is 54.7 Å². The van der Waals surface area contributed by atoms with Gasteiger partial charge < -0.3 is 54.7 Å². The summed E-state index contributed by atoms with van der Waals surface area (Å²) in [4.78, 5) is 0. The monoisotopic (exact) mass is 496 g/mol. The Balaban J connectivity index is 1.78. The van der Waals surface area contributed by atoms with E-state index in [1.165, 1.54) is 38.5 Å². The number of rotatable bonds is 15. The molecule has 11 nitrogen and oxygen atoms in total. The van der Waals surface area contributed by atoms with E-state index in [-0.39, 0.29) is 0 Å². The Kier molecular flexibility index (Phi) is 13.7. The highest BCUT2D eigenvalue weighted by atomic mass is 16.7. The van der Waals surface area contributed by atoms with Crippen LogP contribution in [0.25, 0.3) is 0 Å². The molecule has 2 heterocycles. The van der Waals surface area contributed by atoms with Crippen molar-refractivity contribution in [3.05, 3.63) is 0 Å². The highest BCUT2D eigenvalue weighted by molar-refractivity contribution is 4.94. The van der Waals surface area contributed by atoms with Crippen molar-refractivity contribution in [3.8, 4) is 0 Å². The number of ether oxygens (including phenoxy) is 4. The summed E-state index contributed by atoms with van der Waals surface area (Å²) in [7, 11) is 0. The van der Waals surface area contributed by atoms with Crippen LogP contribution in [0, 0.1) is 0 Å². The van der Waals surface area contributed by atoms with Gasteiger partial charge in [0.1, 0.15) is 48.8 Å². The first-order valence-electron chi connectivity index (χ1n) is 12.6. The Morgan fingerprint density at radius 3 is 1.71 bits per heavy atom. The second-order valence-corrected chi connectivity index (χ2v) is 9.20. The Morgan fingerprint density at radius 2 is 1.12 bits per heavy atom. The Morgan fingerprint density at radius 1 is 0.588 bits per heavy atom. The Bertz CT molecular complexity index is 535. The lowest BCUT2D eigenvalue weighted by molar-refractivity contribution is -0.359. The van der Waals surface area contributed by atoms with E-state index in [9.17, 15) is 35.7 Å². The van der Waals surface area contributed by atoms with Crippen molar-refractivity contribution in [2.24, 2.45) is 0 Å². The van der Waals surface area contributed by atoms with Crippen molar-refractivity contribution in [1.82, 2.24) is 0 Å². The van der Waals surface area contributed by atoms with Crippen LogP contribution in [-0.2, 0) is 18.9 Å². The molecule has 0 aromatic carbocycles. The van der Waals surface area contributed by atoms with Gasteiger partial charge in [0.25, 0.3) is 0 Å². The predicted molar refractivity (Wildman–Crippen MR) is 120 cm³/mol. The van der Waals surface area contributed by atoms with Crippen LogP contribution in [-0.4, -0.2) is 117 Å². The fourth-order valence-electron chi connectivity index (χ4n) is 4.31. The molecule has 2 rings (SSSR count). The zero-order valence-corrected chi connectivity index (χ0v) is 20.0. The average Bonchev–Trinajstić information content (AvgIpc) is 2.84. The third-order valence-electron chi connectivity index (χ3n) is 6.49. The molecule has 2 aliphatic rings. The minimum atomic E-state index is -1.69. The highest BCUT2D eigenvalue weighted by Gasteiger charge is 2.50. The molecular weight excluding hydrogens is 452 g/mol. The van der Waals surface area contributed by atoms with Crippen molar-refractivity contribution in [1.29, 1.82) is 0 Å². The molecule has 0 amide bonds. The zero-order chi connectivity index (χ0) is 25.1. The summed E-state index contributed by atoms with van der Waals surface area (Å²) in [5.41, 5.74) is 0. The van der Waals surface area contributed by atoms with Crippen LogP contribution in [0.15, 0.2) is 0 Å². The summed E-state index contributed by atoms with van der Waals surface area (Å²) in [5.74, 6) is 0. The number of unbranched alkanes of at least 4 members (excludes halogenated alkanes) is 8. The van der Waals surface area contributed by atoms with Gasteiger partial charge in [0, 0.05) is 6.61 Å². The van der Waals surface area contributed by atoms with Crippen molar-refractivity contribution in [2.45, 2.75) is 126 Å². The van der Waals surface area contributed by atoms with Gasteiger partial charge >= 0.3 is 0 Å². The zero-order valence-electron chi connectivity index (χ0n) is 20.0. The van der Waals surface area contributed by atoms with Gasteiger partial charge in [0.05, 0.1) is 13.2 Å². The van der Waals surface area contributed by atoms with E-state index in [4.69, 9.17) is 18.9 Å². The van der Waals surface area contributed by atoms with E-state index in [2.05, 4.69) is 6.92 Å². The molecule has 0 aliphatic carbocycles. The maximum Gasteiger partial charge on any atom is 0.187 e. The summed E-state index contributed by atoms with van der Waals surface area (Å²) in [6, 6.07) is 0. The fourth-order valence-corrected chi connectivity index (χ4v) is 4.31. The first-order valence-corrected chi connectivity index (χ1v) is 12.6. The average molecular weight is 497 g/mol. The van der Waals surface area contributed by atoms with Crippen LogP contribution >= 0.6 is 0 Å². The van der Waals surface area contributed by atoms with E-state index >= 15 is 0 Å². The van der Waals surface area contributed by atoms with Gasteiger partial charge in [-0.3, -0.25) is 0 Å². The smallest absolute Gasteiger partial charge is 0.187 e. The molecule has 0 aromatic rings. The van der Waals surface area contributed by atoms with Gasteiger partial charge in [-0.1, -0.05) is 58.3 Å². The normalized spacial score (nSPS) is 38.8. The molecule has 2 aliphatic heterocycles. The quantitative estimate of drug-likeness (QED) is 0.141. The lowest BCUT2D eigenvalue weighted by Gasteiger charge is -2.45. The standard InChI is InChI=1S/C23H44O11/c1-2-3-4-5-6-7-8-9-10-11-31-22-20(30)18(28)21(15(13-25)33-22)34-23-19(29)17(27)16(26)14(12-24)32-23/h14-30H,2-13H2,1H3/t14?,15?,16-,17-,18+,19?,20?,21+,22-,23+/m1/s1. The molecule has 0 bridgehead atoms. The van der Waals surface area contributed by atoms with E-state index in [0.717, 1.165) is 19.3 Å². The molecule has 0 spiro atoms. The largest absolute Gasteiger partial charge is 0.394 e. The molecule has 202 valence electrons. The fraction of sp³-hybridized carbons (Fsp3) is 1.00. The molecule has 7 N–H and O–H groups in total. The highest BCUT2D eigenvalue weighted by Crippen LogP contribution is 2.29. The number of hydrogen-bond acceptors (Lipinski definition) is 11.